The molecule has 3 heterocycles. The normalized spacial score (nSPS) is 19.8. The molecule has 2 amide bonds. The topological polar surface area (TPSA) is 88.6 Å². The largest absolute Gasteiger partial charge is 0.459 e. The zero-order valence-electron chi connectivity index (χ0n) is 13.2. The number of carbonyl (C=O) groups is 2. The predicted molar refractivity (Wildman–Crippen MR) is 95.9 cm³/mol. The van der Waals surface area contributed by atoms with Gasteiger partial charge in [0.05, 0.1) is 11.8 Å². The smallest absolute Gasteiger partial charge is 0.291 e. The Kier molecular flexibility index (Phi) is 6.04. The van der Waals surface area contributed by atoms with E-state index in [9.17, 15) is 9.59 Å². The lowest BCUT2D eigenvalue weighted by atomic mass is 10.1. The molecule has 0 spiro atoms. The molecule has 2 aromatic heterocycles. The second-order valence-corrected chi connectivity index (χ2v) is 6.65. The second kappa shape index (κ2) is 7.83. The Balaban J connectivity index is 0.00000208. The number of halogens is 1. The van der Waals surface area contributed by atoms with E-state index in [0.29, 0.717) is 29.6 Å². The fourth-order valence-electron chi connectivity index (χ4n) is 2.90. The molecule has 24 heavy (non-hydrogen) atoms. The van der Waals surface area contributed by atoms with E-state index in [2.05, 4.69) is 5.32 Å². The lowest BCUT2D eigenvalue weighted by Crippen LogP contribution is -2.34. The zero-order valence-corrected chi connectivity index (χ0v) is 14.9. The van der Waals surface area contributed by atoms with Gasteiger partial charge in [0.15, 0.2) is 5.76 Å². The number of rotatable bonds is 4. The van der Waals surface area contributed by atoms with E-state index < -0.39 is 0 Å². The third-order valence-corrected chi connectivity index (χ3v) is 4.95. The third-order valence-electron chi connectivity index (χ3n) is 4.12. The quantitative estimate of drug-likeness (QED) is 0.867. The molecule has 0 bridgehead atoms. The Morgan fingerprint density at radius 1 is 1.46 bits per heavy atom. The highest BCUT2D eigenvalue weighted by Crippen LogP contribution is 2.30. The number of furan rings is 1. The highest BCUT2D eigenvalue weighted by Gasteiger charge is 2.33. The molecule has 8 heteroatoms. The van der Waals surface area contributed by atoms with Crippen molar-refractivity contribution in [3.8, 4) is 0 Å². The number of hydrogen-bond donors (Lipinski definition) is 2. The predicted octanol–water partition coefficient (Wildman–Crippen LogP) is 2.82. The Labute approximate surface area is 150 Å². The summed E-state index contributed by atoms with van der Waals surface area (Å²) >= 11 is 1.32. The third kappa shape index (κ3) is 3.63. The van der Waals surface area contributed by atoms with E-state index in [1.165, 1.54) is 17.6 Å². The van der Waals surface area contributed by atoms with Crippen LogP contribution < -0.4 is 11.1 Å². The molecule has 1 fully saturated rings. The van der Waals surface area contributed by atoms with E-state index in [0.717, 1.165) is 6.42 Å². The van der Waals surface area contributed by atoms with Gasteiger partial charge in [0.2, 0.25) is 0 Å². The maximum absolute atomic E-state index is 12.8. The first-order chi connectivity index (χ1) is 11.1. The van der Waals surface area contributed by atoms with Gasteiger partial charge in [-0.15, -0.1) is 23.7 Å². The summed E-state index contributed by atoms with van der Waals surface area (Å²) in [6.07, 6.45) is 2.36. The second-order valence-electron chi connectivity index (χ2n) is 5.74. The number of likely N-dealkylation sites (tertiary alicyclic amines) is 1. The molecule has 0 aliphatic carbocycles. The number of carbonyl (C=O) groups excluding carboxylic acids is 2. The Morgan fingerprint density at radius 2 is 2.25 bits per heavy atom. The summed E-state index contributed by atoms with van der Waals surface area (Å²) in [7, 11) is 0. The molecule has 1 aliphatic rings. The number of anilines is 1. The van der Waals surface area contributed by atoms with E-state index in [1.807, 2.05) is 11.8 Å². The summed E-state index contributed by atoms with van der Waals surface area (Å²) in [5.41, 5.74) is 6.24. The van der Waals surface area contributed by atoms with Crippen molar-refractivity contribution in [1.29, 1.82) is 0 Å². The fourth-order valence-corrected chi connectivity index (χ4v) is 3.67. The molecule has 2 atom stereocenters. The number of amides is 2. The van der Waals surface area contributed by atoms with Crippen molar-refractivity contribution in [2.45, 2.75) is 19.4 Å². The Bertz CT molecular complexity index is 701. The van der Waals surface area contributed by atoms with Crippen LogP contribution in [0.5, 0.6) is 0 Å². The number of hydrogen-bond acceptors (Lipinski definition) is 5. The first kappa shape index (κ1) is 18.5. The van der Waals surface area contributed by atoms with Crippen LogP contribution in [0.1, 0.15) is 34.3 Å². The van der Waals surface area contributed by atoms with Crippen LogP contribution in [0.3, 0.4) is 0 Å². The maximum Gasteiger partial charge on any atom is 0.291 e. The molecule has 0 aromatic carbocycles. The summed E-state index contributed by atoms with van der Waals surface area (Å²) in [5.74, 6) is 0.133. The van der Waals surface area contributed by atoms with Crippen molar-refractivity contribution in [1.82, 2.24) is 4.90 Å². The van der Waals surface area contributed by atoms with Crippen molar-refractivity contribution in [2.75, 3.05) is 18.4 Å². The molecule has 3 N–H and O–H groups in total. The van der Waals surface area contributed by atoms with E-state index in [1.54, 1.807) is 23.6 Å². The van der Waals surface area contributed by atoms with Crippen molar-refractivity contribution >= 4 is 40.6 Å². The van der Waals surface area contributed by atoms with Gasteiger partial charge in [-0.2, -0.15) is 0 Å². The van der Waals surface area contributed by atoms with Crippen molar-refractivity contribution in [2.24, 2.45) is 11.7 Å². The van der Waals surface area contributed by atoms with Gasteiger partial charge in [-0.1, -0.05) is 0 Å². The highest BCUT2D eigenvalue weighted by molar-refractivity contribution is 7.14. The minimum atomic E-state index is -0.360. The first-order valence-corrected chi connectivity index (χ1v) is 8.41. The molecule has 130 valence electrons. The molecule has 1 aliphatic heterocycles. The van der Waals surface area contributed by atoms with Crippen LogP contribution in [0.2, 0.25) is 0 Å². The number of nitrogens with two attached hydrogens (primary N) is 1. The van der Waals surface area contributed by atoms with Gasteiger partial charge in [0, 0.05) is 12.6 Å². The number of nitrogens with zero attached hydrogens (tertiary/aromatic N) is 1. The van der Waals surface area contributed by atoms with Gasteiger partial charge in [-0.3, -0.25) is 9.59 Å². The van der Waals surface area contributed by atoms with Crippen LogP contribution in [-0.2, 0) is 0 Å². The molecule has 2 aromatic rings. The SMILES string of the molecule is CC1CC(CN)CN1C(=O)c1ccsc1NC(=O)c1ccco1.Cl. The van der Waals surface area contributed by atoms with E-state index >= 15 is 0 Å². The van der Waals surface area contributed by atoms with Crippen molar-refractivity contribution < 1.29 is 14.0 Å². The average molecular weight is 370 g/mol. The summed E-state index contributed by atoms with van der Waals surface area (Å²) in [6, 6.07) is 5.13. The van der Waals surface area contributed by atoms with Gasteiger partial charge >= 0.3 is 0 Å². The lowest BCUT2D eigenvalue weighted by molar-refractivity contribution is 0.0745. The Hall–Kier alpha value is -1.83. The maximum atomic E-state index is 12.8. The van der Waals surface area contributed by atoms with Crippen LogP contribution in [0.25, 0.3) is 0 Å². The standard InChI is InChI=1S/C16H19N3O3S.ClH/c1-10-7-11(8-17)9-19(10)16(21)12-4-6-23-15(12)18-14(20)13-3-2-5-22-13;/h2-6,10-11H,7-9,17H2,1H3,(H,18,20);1H. The molecule has 2 unspecified atom stereocenters. The van der Waals surface area contributed by atoms with Crippen molar-refractivity contribution in [3.05, 3.63) is 41.2 Å². The van der Waals surface area contributed by atoms with Crippen LogP contribution in [-0.4, -0.2) is 35.8 Å². The number of thiophene rings is 1. The molecule has 0 saturated carbocycles. The van der Waals surface area contributed by atoms with E-state index in [-0.39, 0.29) is 36.0 Å². The number of nitrogens with one attached hydrogen (secondary N) is 1. The van der Waals surface area contributed by atoms with E-state index in [4.69, 9.17) is 10.2 Å². The molecular weight excluding hydrogens is 350 g/mol. The monoisotopic (exact) mass is 369 g/mol. The molecule has 6 nitrogen and oxygen atoms in total. The van der Waals surface area contributed by atoms with Gasteiger partial charge in [0.25, 0.3) is 11.8 Å². The summed E-state index contributed by atoms with van der Waals surface area (Å²) in [4.78, 5) is 26.7. The van der Waals surface area contributed by atoms with Gasteiger partial charge in [-0.25, -0.2) is 0 Å². The molecule has 0 radical (unpaired) electrons. The fraction of sp³-hybridized carbons (Fsp3) is 0.375. The summed E-state index contributed by atoms with van der Waals surface area (Å²) in [6.45, 7) is 3.28. The van der Waals surface area contributed by atoms with Gasteiger partial charge < -0.3 is 20.4 Å². The van der Waals surface area contributed by atoms with Crippen LogP contribution in [0, 0.1) is 5.92 Å². The lowest BCUT2D eigenvalue weighted by Gasteiger charge is -2.21. The Morgan fingerprint density at radius 3 is 2.88 bits per heavy atom. The molecule has 1 saturated heterocycles. The molecular formula is C16H20ClN3O3S. The van der Waals surface area contributed by atoms with Gasteiger partial charge in [0.1, 0.15) is 5.00 Å². The first-order valence-electron chi connectivity index (χ1n) is 7.53. The highest BCUT2D eigenvalue weighted by atomic mass is 35.5. The average Bonchev–Trinajstić information content (AvgIpc) is 3.26. The van der Waals surface area contributed by atoms with Crippen LogP contribution in [0.15, 0.2) is 34.3 Å². The van der Waals surface area contributed by atoms with Crippen LogP contribution in [0.4, 0.5) is 5.00 Å². The minimum Gasteiger partial charge on any atom is -0.459 e. The summed E-state index contributed by atoms with van der Waals surface area (Å²) < 4.78 is 5.07. The minimum absolute atomic E-state index is 0. The summed E-state index contributed by atoms with van der Waals surface area (Å²) in [5, 5.41) is 5.09. The van der Waals surface area contributed by atoms with Crippen molar-refractivity contribution in [3.63, 3.8) is 0 Å². The molecule has 3 rings (SSSR count). The van der Waals surface area contributed by atoms with Gasteiger partial charge in [-0.05, 0) is 49.4 Å². The zero-order chi connectivity index (χ0) is 16.4. The van der Waals surface area contributed by atoms with Crippen LogP contribution >= 0.6 is 23.7 Å².